The molecule has 0 aliphatic carbocycles. The van der Waals surface area contributed by atoms with Crippen molar-refractivity contribution in [2.24, 2.45) is 0 Å². The van der Waals surface area contributed by atoms with Gasteiger partial charge in [-0.05, 0) is 73.9 Å². The lowest BCUT2D eigenvalue weighted by Crippen LogP contribution is -2.29. The Morgan fingerprint density at radius 3 is 2.55 bits per heavy atom. The molecule has 1 aromatic heterocycles. The lowest BCUT2D eigenvalue weighted by molar-refractivity contribution is -0.132. The summed E-state index contributed by atoms with van der Waals surface area (Å²) in [5.74, 6) is -0.953. The summed E-state index contributed by atoms with van der Waals surface area (Å²) < 4.78 is 5.72. The number of carbonyl (C=O) groups is 2. The van der Waals surface area contributed by atoms with Crippen LogP contribution < -0.4 is 9.64 Å². The van der Waals surface area contributed by atoms with Gasteiger partial charge in [-0.3, -0.25) is 19.5 Å². The zero-order valence-electron chi connectivity index (χ0n) is 18.9. The van der Waals surface area contributed by atoms with E-state index in [0.717, 1.165) is 23.3 Å². The molecule has 33 heavy (non-hydrogen) atoms. The number of rotatable bonds is 6. The van der Waals surface area contributed by atoms with Crippen molar-refractivity contribution in [3.63, 3.8) is 0 Å². The summed E-state index contributed by atoms with van der Waals surface area (Å²) in [7, 11) is 0. The van der Waals surface area contributed by atoms with Crippen molar-refractivity contribution in [3.05, 3.63) is 94.8 Å². The summed E-state index contributed by atoms with van der Waals surface area (Å²) in [4.78, 5) is 32.2. The Morgan fingerprint density at radius 2 is 1.88 bits per heavy atom. The van der Waals surface area contributed by atoms with Crippen molar-refractivity contribution in [3.8, 4) is 5.75 Å². The second kappa shape index (κ2) is 9.28. The zero-order chi connectivity index (χ0) is 23.5. The fourth-order valence-electron chi connectivity index (χ4n) is 4.02. The van der Waals surface area contributed by atoms with Gasteiger partial charge >= 0.3 is 0 Å². The third kappa shape index (κ3) is 4.24. The number of Topliss-reactive ketones (excluding diaryl/α,β-unsaturated/α-hetero) is 1. The van der Waals surface area contributed by atoms with E-state index in [0.29, 0.717) is 23.6 Å². The van der Waals surface area contributed by atoms with Gasteiger partial charge in [0, 0.05) is 17.4 Å². The molecule has 1 aliphatic heterocycles. The summed E-state index contributed by atoms with van der Waals surface area (Å²) in [6, 6.07) is 17.1. The maximum Gasteiger partial charge on any atom is 0.300 e. The largest absolute Gasteiger partial charge is 0.507 e. The molecule has 4 rings (SSSR count). The Labute approximate surface area is 193 Å². The van der Waals surface area contributed by atoms with E-state index in [2.05, 4.69) is 4.98 Å². The number of amides is 1. The van der Waals surface area contributed by atoms with Crippen molar-refractivity contribution >= 4 is 23.1 Å². The minimum atomic E-state index is -0.843. The Hall–Kier alpha value is -3.93. The number of hydrogen-bond donors (Lipinski definition) is 1. The molecule has 168 valence electrons. The summed E-state index contributed by atoms with van der Waals surface area (Å²) in [5.41, 5.74) is 3.31. The van der Waals surface area contributed by atoms with Gasteiger partial charge in [-0.2, -0.15) is 0 Å². The molecule has 6 heteroatoms. The molecule has 1 amide bonds. The molecule has 0 bridgehead atoms. The van der Waals surface area contributed by atoms with Crippen LogP contribution >= 0.6 is 0 Å². The van der Waals surface area contributed by atoms with Crippen LogP contribution in [0.3, 0.4) is 0 Å². The summed E-state index contributed by atoms with van der Waals surface area (Å²) in [6.07, 6.45) is 2.49. The van der Waals surface area contributed by atoms with Gasteiger partial charge in [0.2, 0.25) is 0 Å². The van der Waals surface area contributed by atoms with E-state index in [1.807, 2.05) is 39.0 Å². The summed E-state index contributed by atoms with van der Waals surface area (Å²) in [5, 5.41) is 11.3. The van der Waals surface area contributed by atoms with Crippen molar-refractivity contribution < 1.29 is 19.4 Å². The zero-order valence-corrected chi connectivity index (χ0v) is 18.9. The number of aliphatic hydroxyl groups is 1. The normalized spacial score (nSPS) is 17.4. The van der Waals surface area contributed by atoms with Gasteiger partial charge in [-0.15, -0.1) is 0 Å². The van der Waals surface area contributed by atoms with Gasteiger partial charge in [-0.25, -0.2) is 0 Å². The lowest BCUT2D eigenvalue weighted by Gasteiger charge is -2.25. The topological polar surface area (TPSA) is 79.7 Å². The molecular weight excluding hydrogens is 416 g/mol. The Kier molecular flexibility index (Phi) is 6.27. The van der Waals surface area contributed by atoms with Gasteiger partial charge in [0.05, 0.1) is 17.9 Å². The molecule has 2 aromatic carbocycles. The first kappa shape index (κ1) is 22.3. The number of hydrogen-bond acceptors (Lipinski definition) is 5. The Bertz CT molecular complexity index is 1230. The number of carbonyl (C=O) groups excluding carboxylic acids is 2. The van der Waals surface area contributed by atoms with E-state index in [1.54, 1.807) is 48.7 Å². The smallest absolute Gasteiger partial charge is 0.300 e. The number of ether oxygens (including phenoxy) is 1. The van der Waals surface area contributed by atoms with Crippen molar-refractivity contribution in [2.45, 2.75) is 33.2 Å². The maximum absolute atomic E-state index is 13.2. The SMILES string of the molecule is CCCOc1ccc(/C(O)=C2/C(=O)C(=O)N(c3cccc(C)c3)C2c2ccccn2)cc1C. The highest BCUT2D eigenvalue weighted by Gasteiger charge is 2.47. The fourth-order valence-corrected chi connectivity index (χ4v) is 4.02. The molecule has 1 saturated heterocycles. The molecule has 0 saturated carbocycles. The van der Waals surface area contributed by atoms with Crippen molar-refractivity contribution in [1.82, 2.24) is 4.98 Å². The van der Waals surface area contributed by atoms with Crippen LogP contribution in [0, 0.1) is 13.8 Å². The number of benzene rings is 2. The van der Waals surface area contributed by atoms with Gasteiger partial charge < -0.3 is 9.84 Å². The highest BCUT2D eigenvalue weighted by atomic mass is 16.5. The lowest BCUT2D eigenvalue weighted by atomic mass is 9.97. The third-order valence-electron chi connectivity index (χ3n) is 5.60. The minimum Gasteiger partial charge on any atom is -0.507 e. The maximum atomic E-state index is 13.2. The van der Waals surface area contributed by atoms with Crippen molar-refractivity contribution in [1.29, 1.82) is 0 Å². The molecule has 3 aromatic rings. The molecular formula is C27H26N2O4. The third-order valence-corrected chi connectivity index (χ3v) is 5.60. The number of nitrogens with zero attached hydrogens (tertiary/aromatic N) is 2. The number of ketones is 1. The van der Waals surface area contributed by atoms with Crippen LogP contribution in [-0.2, 0) is 9.59 Å². The van der Waals surface area contributed by atoms with E-state index in [-0.39, 0.29) is 11.3 Å². The van der Waals surface area contributed by atoms with Crippen LogP contribution in [0.15, 0.2) is 72.4 Å². The van der Waals surface area contributed by atoms with E-state index in [4.69, 9.17) is 4.74 Å². The standard InChI is InChI=1S/C27H26N2O4/c1-4-14-33-22-12-11-19(16-18(22)3)25(30)23-24(21-10-5-6-13-28-21)29(27(32)26(23)31)20-9-7-8-17(2)15-20/h5-13,15-16,24,30H,4,14H2,1-3H3/b25-23-. The van der Waals surface area contributed by atoms with E-state index >= 15 is 0 Å². The number of aliphatic hydroxyl groups excluding tert-OH is 1. The molecule has 1 N–H and O–H groups in total. The average Bonchev–Trinajstić information content (AvgIpc) is 3.09. The molecule has 6 nitrogen and oxygen atoms in total. The second-order valence-corrected chi connectivity index (χ2v) is 8.09. The minimum absolute atomic E-state index is 0.0156. The van der Waals surface area contributed by atoms with Crippen LogP contribution in [0.1, 0.15) is 41.8 Å². The molecule has 1 unspecified atom stereocenters. The number of aryl methyl sites for hydroxylation is 2. The highest BCUT2D eigenvalue weighted by Crippen LogP contribution is 2.41. The highest BCUT2D eigenvalue weighted by molar-refractivity contribution is 6.51. The van der Waals surface area contributed by atoms with Crippen LogP contribution in [0.5, 0.6) is 5.75 Å². The van der Waals surface area contributed by atoms with Gasteiger partial charge in [-0.1, -0.05) is 25.1 Å². The van der Waals surface area contributed by atoms with Gasteiger partial charge in [0.15, 0.2) is 0 Å². The first-order valence-electron chi connectivity index (χ1n) is 10.9. The Balaban J connectivity index is 1.87. The quantitative estimate of drug-likeness (QED) is 0.326. The molecule has 0 spiro atoms. The number of anilines is 1. The van der Waals surface area contributed by atoms with Gasteiger partial charge in [0.25, 0.3) is 11.7 Å². The molecule has 0 radical (unpaired) electrons. The fraction of sp³-hybridized carbons (Fsp3) is 0.222. The summed E-state index contributed by atoms with van der Waals surface area (Å²) in [6.45, 7) is 6.41. The molecule has 1 aliphatic rings. The van der Waals surface area contributed by atoms with Crippen LogP contribution in [0.25, 0.3) is 5.76 Å². The number of aromatic nitrogens is 1. The average molecular weight is 443 g/mol. The van der Waals surface area contributed by atoms with E-state index in [9.17, 15) is 14.7 Å². The molecule has 2 heterocycles. The van der Waals surface area contributed by atoms with Crippen molar-refractivity contribution in [2.75, 3.05) is 11.5 Å². The van der Waals surface area contributed by atoms with E-state index < -0.39 is 17.7 Å². The van der Waals surface area contributed by atoms with Crippen LogP contribution in [0.4, 0.5) is 5.69 Å². The second-order valence-electron chi connectivity index (χ2n) is 8.09. The predicted octanol–water partition coefficient (Wildman–Crippen LogP) is 5.11. The predicted molar refractivity (Wildman–Crippen MR) is 127 cm³/mol. The Morgan fingerprint density at radius 1 is 1.06 bits per heavy atom. The first-order valence-corrected chi connectivity index (χ1v) is 10.9. The summed E-state index contributed by atoms with van der Waals surface area (Å²) >= 11 is 0. The van der Waals surface area contributed by atoms with Crippen LogP contribution in [0.2, 0.25) is 0 Å². The molecule has 1 fully saturated rings. The van der Waals surface area contributed by atoms with Crippen LogP contribution in [-0.4, -0.2) is 28.4 Å². The monoisotopic (exact) mass is 442 g/mol. The first-order chi connectivity index (χ1) is 15.9. The van der Waals surface area contributed by atoms with E-state index in [1.165, 1.54) is 4.90 Å². The molecule has 1 atom stereocenters. The van der Waals surface area contributed by atoms with Gasteiger partial charge in [0.1, 0.15) is 17.6 Å². The number of pyridine rings is 1.